The van der Waals surface area contributed by atoms with Crippen molar-refractivity contribution >= 4 is 109 Å². The van der Waals surface area contributed by atoms with Crippen molar-refractivity contribution in [2.45, 2.75) is 96.3 Å². The summed E-state index contributed by atoms with van der Waals surface area (Å²) in [5, 5.41) is 0. The van der Waals surface area contributed by atoms with Crippen molar-refractivity contribution in [3.8, 4) is 0 Å². The summed E-state index contributed by atoms with van der Waals surface area (Å²) in [6.07, 6.45) is 43.8. The summed E-state index contributed by atoms with van der Waals surface area (Å²) >= 11 is 0. The summed E-state index contributed by atoms with van der Waals surface area (Å²) < 4.78 is 57.7. The normalized spacial score (nSPS) is 19.7. The maximum absolute atomic E-state index is 4.75. The van der Waals surface area contributed by atoms with Crippen LogP contribution in [-0.4, -0.2) is 229 Å². The highest BCUT2D eigenvalue weighted by Gasteiger charge is 2.75. The summed E-state index contributed by atoms with van der Waals surface area (Å²) in [5.41, 5.74) is 28.0. The number of nitrogens with zero attached hydrogens (tertiary/aromatic N) is 25. The van der Waals surface area contributed by atoms with Gasteiger partial charge in [-0.05, 0) is 199 Å². The molecule has 25 heteroatoms. The van der Waals surface area contributed by atoms with Crippen molar-refractivity contribution in [1.82, 2.24) is 59.8 Å². The zero-order chi connectivity index (χ0) is 81.3. The van der Waals surface area contributed by atoms with E-state index in [1.165, 1.54) is 145 Å². The first-order valence-electron chi connectivity index (χ1n) is 43.3. The Morgan fingerprint density at radius 2 is 0.480 bits per heavy atom. The molecule has 31 heterocycles. The fraction of sp³-hybridized carbons (Fsp3) is 0.214. The fourth-order valence-electron chi connectivity index (χ4n) is 24.5. The van der Waals surface area contributed by atoms with Crippen LogP contribution in [0.4, 0.5) is 34.4 Å². The Balaban J connectivity index is 0.0000000757. The molecule has 4 bridgehead atoms. The lowest BCUT2D eigenvalue weighted by Gasteiger charge is -2.30. The van der Waals surface area contributed by atoms with Crippen LogP contribution in [-0.2, 0) is 35.5 Å². The van der Waals surface area contributed by atoms with Gasteiger partial charge in [-0.3, -0.25) is 0 Å². The molecule has 0 N–H and O–H groups in total. The van der Waals surface area contributed by atoms with E-state index in [-0.39, 0.29) is 29.6 Å². The Hall–Kier alpha value is -15.0. The van der Waals surface area contributed by atoms with Gasteiger partial charge in [0, 0.05) is 126 Å². The Labute approximate surface area is 707 Å². The molecule has 25 nitrogen and oxygen atoms in total. The van der Waals surface area contributed by atoms with E-state index in [1.807, 2.05) is 0 Å². The molecule has 0 aliphatic carbocycles. The molecule has 18 aliphatic heterocycles. The minimum Gasteiger partial charge on any atom is -0.246 e. The Morgan fingerprint density at radius 3 is 0.797 bits per heavy atom. The lowest BCUT2D eigenvalue weighted by atomic mass is 10.2. The quantitative estimate of drug-likeness (QED) is 0.139. The summed E-state index contributed by atoms with van der Waals surface area (Å²) in [5.74, 6) is 0.160. The number of hydrogen-bond acceptors (Lipinski definition) is 1. The van der Waals surface area contributed by atoms with Crippen molar-refractivity contribution in [3.05, 3.63) is 352 Å². The van der Waals surface area contributed by atoms with Gasteiger partial charge >= 0.3 is 47.1 Å². The number of para-hydroxylation sites is 2. The molecule has 6 spiro atoms. The van der Waals surface area contributed by atoms with Gasteiger partial charge in [0.1, 0.15) is 69.4 Å². The molecule has 0 amide bonds. The monoisotopic (exact) mass is 1620 g/mol. The van der Waals surface area contributed by atoms with E-state index in [9.17, 15) is 0 Å². The molecule has 3 saturated heterocycles. The topological polar surface area (TPSA) is 108 Å². The van der Waals surface area contributed by atoms with Crippen LogP contribution in [0.25, 0.3) is 0 Å². The number of rotatable bonds is 0. The molecule has 2 aromatic carbocycles. The molecule has 3 fully saturated rings. The number of pyridine rings is 1. The minimum absolute atomic E-state index is 0.189. The fourth-order valence-corrected chi connectivity index (χ4v) is 24.5. The highest BCUT2D eigenvalue weighted by atomic mass is 15.7. The van der Waals surface area contributed by atoms with Gasteiger partial charge in [0.05, 0.1) is 23.9 Å². The zero-order valence-corrected chi connectivity index (χ0v) is 69.1. The van der Waals surface area contributed by atoms with Crippen molar-refractivity contribution in [2.24, 2.45) is 0 Å². The number of benzene rings is 2. The second-order valence-electron chi connectivity index (χ2n) is 35.2. The third-order valence-electron chi connectivity index (χ3n) is 29.0. The van der Waals surface area contributed by atoms with E-state index < -0.39 is 5.91 Å². The molecule has 18 aliphatic rings. The summed E-state index contributed by atoms with van der Waals surface area (Å²) in [4.78, 5) is 4.75. The lowest BCUT2D eigenvalue weighted by molar-refractivity contribution is -0.877. The van der Waals surface area contributed by atoms with Crippen LogP contribution in [0.3, 0.4) is 0 Å². The Kier molecular flexibility index (Phi) is 12.8. The molecule has 0 unspecified atom stereocenters. The average molecular weight is 1620 g/mol. The smallest absolute Gasteiger partial charge is 0.246 e. The molecule has 33 rings (SSSR count). The number of fused-ring (bicyclic) bond motifs is 23. The van der Waals surface area contributed by atoms with E-state index in [1.54, 1.807) is 0 Å². The highest BCUT2D eigenvalue weighted by molar-refractivity contribution is 5.86. The third-order valence-corrected chi connectivity index (χ3v) is 29.0. The second kappa shape index (κ2) is 23.1. The molecule has 0 saturated carbocycles. The molecule has 594 valence electrons. The molecular formula is C98H89N25+12. The second-order valence-corrected chi connectivity index (χ2v) is 35.2. The van der Waals surface area contributed by atoms with Gasteiger partial charge in [-0.2, -0.15) is 27.4 Å². The van der Waals surface area contributed by atoms with Gasteiger partial charge in [0.25, 0.3) is 11.4 Å². The molecular weight excluding hydrogens is 1530 g/mol. The molecule has 123 heavy (non-hydrogen) atoms. The maximum atomic E-state index is 4.75. The minimum atomic E-state index is -0.439. The predicted octanol–water partition coefficient (Wildman–Crippen LogP) is 10.2. The highest BCUT2D eigenvalue weighted by Crippen LogP contribution is 2.53. The standard InChI is InChI=1S/2C17H12N4.C17H20N4.C16H11N5.C16H18N4.C15H16N4/c1-4-13-10-14(5-1)21-12-16-7-3-9-19(16)17(21)18-8-2-6-15(18)11-20(13)17;1-2-8-16-15(7-1)20-11-13-5-3-9-18(13)17(20)19-10-4-6-14(19)12-21(16)17;1-13-5-7-15-11-18-9-3-4-10-19-12-16-8-6-14(2)21(16)17(18,19)20(13)15;1-6-14-17-15(7-1)21-11-13-5-3-9-19(13)16(21)18-8-2-4-12(18)10-20(14)16;1-12-4-6-14-10-17-8-3-9-18-11-15-7-5-13(2)20(15)16(17,18)19(12)14;1-11-3-5-13-9-16-7-8-17-10-14-6-4-12(2)19(14)15(16,17)18(11)13/h2*1-12H;5-8,11-12H,3-4,9-10H2,1-2H3;1-11H;4-7,10-11H,3,8-9H2,1-2H3;3-6,9-10H,7-8H2,1-2H3/q6*+2. The number of aromatic nitrogens is 13. The van der Waals surface area contributed by atoms with Crippen molar-refractivity contribution in [3.63, 3.8) is 0 Å². The Bertz CT molecular complexity index is 7180. The first-order valence-corrected chi connectivity index (χ1v) is 43.3. The molecule has 15 aromatic rings. The number of aryl methyl sites for hydroxylation is 6. The predicted molar refractivity (Wildman–Crippen MR) is 465 cm³/mol. The van der Waals surface area contributed by atoms with Gasteiger partial charge in [0.2, 0.25) is 49.3 Å². The van der Waals surface area contributed by atoms with Gasteiger partial charge in [-0.25, -0.2) is 27.4 Å². The van der Waals surface area contributed by atoms with Crippen LogP contribution in [0.15, 0.2) is 250 Å². The third kappa shape index (κ3) is 7.83. The molecule has 13 aromatic heterocycles. The first-order chi connectivity index (χ1) is 60.4. The Morgan fingerprint density at radius 1 is 0.220 bits per heavy atom. The van der Waals surface area contributed by atoms with Crippen LogP contribution in [0.2, 0.25) is 0 Å². The SMILES string of the molecule is C1=[N+]2c3cccc(c3)[N+]3=Cc4cccn4C23n2cccc21.C1=[N+]2c3cccc(n3)[N+]3=Cc4cccn4C23n2cccc21.C1=[N+]2c3ccccc3[N+]3=Cc4cccn4C23n2cccc21.Cc1ccc2n1C13n4c(C)ccc4C=[N+]1CCCC[N+]3=C2.Cc1ccc2n1C13n4c(C)ccc4C=[N+]1CCC[N+]3=C2.Cc1ccc2n1C13n4c(C)ccc4C=[N+]1CC[N+]3=C2. The number of hydrogen-bond donors (Lipinski definition) is 0. The van der Waals surface area contributed by atoms with Crippen LogP contribution in [0.1, 0.15) is 122 Å². The van der Waals surface area contributed by atoms with Gasteiger partial charge in [-0.15, -0.1) is 36.6 Å². The summed E-state index contributed by atoms with van der Waals surface area (Å²) in [6.45, 7) is 19.9. The van der Waals surface area contributed by atoms with Gasteiger partial charge in [-0.1, -0.05) is 30.4 Å². The van der Waals surface area contributed by atoms with E-state index >= 15 is 0 Å². The first kappa shape index (κ1) is 67.8. The lowest BCUT2D eigenvalue weighted by Crippen LogP contribution is -2.58. The molecule has 0 atom stereocenters. The van der Waals surface area contributed by atoms with Crippen molar-refractivity contribution in [2.75, 3.05) is 39.3 Å². The van der Waals surface area contributed by atoms with E-state index in [0.29, 0.717) is 0 Å². The van der Waals surface area contributed by atoms with E-state index in [2.05, 4.69) is 475 Å². The zero-order valence-electron chi connectivity index (χ0n) is 69.1. The summed E-state index contributed by atoms with van der Waals surface area (Å²) in [6, 6.07) is 75.8. The van der Waals surface area contributed by atoms with E-state index in [0.717, 1.165) is 50.9 Å². The maximum Gasteiger partial charge on any atom is 0.552 e. The van der Waals surface area contributed by atoms with Crippen molar-refractivity contribution in [1.29, 1.82) is 0 Å². The van der Waals surface area contributed by atoms with Gasteiger partial charge in [0.15, 0.2) is 63.5 Å². The molecule has 0 radical (unpaired) electrons. The van der Waals surface area contributed by atoms with E-state index in [4.69, 9.17) is 4.98 Å². The van der Waals surface area contributed by atoms with Crippen molar-refractivity contribution < 1.29 is 54.9 Å². The average Bonchev–Trinajstić information content (AvgIpc) is 1.50. The van der Waals surface area contributed by atoms with Crippen LogP contribution in [0, 0.1) is 41.5 Å². The van der Waals surface area contributed by atoms with Crippen LogP contribution >= 0.6 is 0 Å². The van der Waals surface area contributed by atoms with Crippen LogP contribution in [0.5, 0.6) is 0 Å². The van der Waals surface area contributed by atoms with Gasteiger partial charge < -0.3 is 0 Å². The largest absolute Gasteiger partial charge is 0.552 e. The van der Waals surface area contributed by atoms with Crippen LogP contribution < -0.4 is 0 Å². The summed E-state index contributed by atoms with van der Waals surface area (Å²) in [7, 11) is 0.